The van der Waals surface area contributed by atoms with Gasteiger partial charge in [0, 0.05) is 12.1 Å². The number of aromatic hydroxyl groups is 1. The molecule has 2 N–H and O–H groups in total. The molecule has 2 unspecified atom stereocenters. The van der Waals surface area contributed by atoms with Crippen molar-refractivity contribution in [1.82, 2.24) is 0 Å². The Bertz CT molecular complexity index is 535. The standard InChI is InChI=1S/C18H25NO3/c1-12-10-18(21)16(19-12)11-22-14-8-6-13(7-9-14)15-4-2-3-5-17(15)20/h2-5,13-14,16,18,20-21H,6-11H2,1H3. The van der Waals surface area contributed by atoms with Crippen molar-refractivity contribution in [2.75, 3.05) is 6.61 Å². The van der Waals surface area contributed by atoms with E-state index >= 15 is 0 Å². The Morgan fingerprint density at radius 2 is 1.91 bits per heavy atom. The second-order valence-electron chi connectivity index (χ2n) is 6.57. The molecule has 1 aromatic rings. The zero-order chi connectivity index (χ0) is 15.5. The van der Waals surface area contributed by atoms with Gasteiger partial charge in [0.15, 0.2) is 0 Å². The van der Waals surface area contributed by atoms with Gasteiger partial charge in [-0.3, -0.25) is 4.99 Å². The van der Waals surface area contributed by atoms with E-state index in [0.717, 1.165) is 37.0 Å². The van der Waals surface area contributed by atoms with Crippen LogP contribution in [0, 0.1) is 0 Å². The van der Waals surface area contributed by atoms with Crippen LogP contribution in [-0.2, 0) is 4.74 Å². The molecule has 0 aromatic heterocycles. The Balaban J connectivity index is 1.47. The molecule has 2 aliphatic rings. The molecule has 1 saturated carbocycles. The van der Waals surface area contributed by atoms with Crippen LogP contribution in [0.1, 0.15) is 50.5 Å². The Morgan fingerprint density at radius 3 is 2.55 bits per heavy atom. The highest BCUT2D eigenvalue weighted by Crippen LogP contribution is 2.37. The van der Waals surface area contributed by atoms with Crippen molar-refractivity contribution in [3.8, 4) is 5.75 Å². The number of nitrogens with zero attached hydrogens (tertiary/aromatic N) is 1. The van der Waals surface area contributed by atoms with Gasteiger partial charge in [0.2, 0.25) is 0 Å². The van der Waals surface area contributed by atoms with Gasteiger partial charge in [-0.15, -0.1) is 0 Å². The Kier molecular flexibility index (Phi) is 4.79. The topological polar surface area (TPSA) is 62.0 Å². The fourth-order valence-electron chi connectivity index (χ4n) is 3.62. The summed E-state index contributed by atoms with van der Waals surface area (Å²) in [5.41, 5.74) is 2.08. The predicted molar refractivity (Wildman–Crippen MR) is 86.6 cm³/mol. The first kappa shape index (κ1) is 15.5. The Hall–Kier alpha value is -1.39. The number of aliphatic hydroxyl groups excluding tert-OH is 1. The molecule has 1 aliphatic carbocycles. The van der Waals surface area contributed by atoms with Gasteiger partial charge < -0.3 is 14.9 Å². The molecule has 22 heavy (non-hydrogen) atoms. The molecular weight excluding hydrogens is 278 g/mol. The van der Waals surface area contributed by atoms with E-state index < -0.39 is 0 Å². The molecule has 3 rings (SSSR count). The van der Waals surface area contributed by atoms with Crippen molar-refractivity contribution >= 4 is 5.71 Å². The van der Waals surface area contributed by atoms with Gasteiger partial charge in [0.1, 0.15) is 5.75 Å². The summed E-state index contributed by atoms with van der Waals surface area (Å²) in [6.07, 6.45) is 4.64. The first-order valence-electron chi connectivity index (χ1n) is 8.24. The second kappa shape index (κ2) is 6.80. The first-order chi connectivity index (χ1) is 10.6. The van der Waals surface area contributed by atoms with Crippen molar-refractivity contribution in [1.29, 1.82) is 0 Å². The third-order valence-electron chi connectivity index (χ3n) is 4.89. The van der Waals surface area contributed by atoms with Crippen molar-refractivity contribution < 1.29 is 14.9 Å². The summed E-state index contributed by atoms with van der Waals surface area (Å²) in [6.45, 7) is 2.48. The number of phenolic OH excluding ortho intramolecular Hbond substituents is 1. The van der Waals surface area contributed by atoms with Gasteiger partial charge in [-0.05, 0) is 50.2 Å². The molecule has 1 heterocycles. The Labute approximate surface area is 131 Å². The third kappa shape index (κ3) is 3.50. The quantitative estimate of drug-likeness (QED) is 0.898. The van der Waals surface area contributed by atoms with Crippen LogP contribution in [0.3, 0.4) is 0 Å². The molecule has 1 aromatic carbocycles. The molecule has 0 amide bonds. The highest BCUT2D eigenvalue weighted by molar-refractivity contribution is 5.84. The smallest absolute Gasteiger partial charge is 0.119 e. The minimum absolute atomic E-state index is 0.0871. The molecule has 1 aliphatic heterocycles. The number of phenols is 1. The minimum atomic E-state index is -0.377. The van der Waals surface area contributed by atoms with Crippen LogP contribution in [0.5, 0.6) is 5.75 Å². The number of benzene rings is 1. The molecule has 1 fully saturated rings. The predicted octanol–water partition coefficient (Wildman–Crippen LogP) is 3.03. The summed E-state index contributed by atoms with van der Waals surface area (Å²) in [5, 5.41) is 19.8. The van der Waals surface area contributed by atoms with E-state index in [4.69, 9.17) is 4.74 Å². The molecule has 0 bridgehead atoms. The lowest BCUT2D eigenvalue weighted by Gasteiger charge is -2.30. The molecule has 0 radical (unpaired) electrons. The number of ether oxygens (including phenoxy) is 1. The Morgan fingerprint density at radius 1 is 1.18 bits per heavy atom. The number of aliphatic imine (C=N–C) groups is 1. The first-order valence-corrected chi connectivity index (χ1v) is 8.24. The fraction of sp³-hybridized carbons (Fsp3) is 0.611. The van der Waals surface area contributed by atoms with Crippen LogP contribution in [0.25, 0.3) is 0 Å². The van der Waals surface area contributed by atoms with E-state index in [1.807, 2.05) is 25.1 Å². The lowest BCUT2D eigenvalue weighted by molar-refractivity contribution is 0.000274. The van der Waals surface area contributed by atoms with Crippen LogP contribution >= 0.6 is 0 Å². The molecule has 2 atom stereocenters. The van der Waals surface area contributed by atoms with Crippen LogP contribution in [-0.4, -0.2) is 40.8 Å². The molecule has 0 spiro atoms. The van der Waals surface area contributed by atoms with Gasteiger partial charge >= 0.3 is 0 Å². The van der Waals surface area contributed by atoms with E-state index in [1.54, 1.807) is 6.07 Å². The highest BCUT2D eigenvalue weighted by Gasteiger charge is 2.28. The molecule has 4 nitrogen and oxygen atoms in total. The van der Waals surface area contributed by atoms with E-state index in [-0.39, 0.29) is 18.2 Å². The average molecular weight is 303 g/mol. The molecule has 4 heteroatoms. The third-order valence-corrected chi connectivity index (χ3v) is 4.89. The highest BCUT2D eigenvalue weighted by atomic mass is 16.5. The normalized spacial score (nSPS) is 32.0. The number of hydrogen-bond acceptors (Lipinski definition) is 4. The molecule has 120 valence electrons. The monoisotopic (exact) mass is 303 g/mol. The van der Waals surface area contributed by atoms with Crippen LogP contribution in [0.4, 0.5) is 0 Å². The second-order valence-corrected chi connectivity index (χ2v) is 6.57. The average Bonchev–Trinajstić information content (AvgIpc) is 2.84. The van der Waals surface area contributed by atoms with Gasteiger partial charge in [0.25, 0.3) is 0 Å². The number of para-hydroxylation sites is 1. The van der Waals surface area contributed by atoms with Gasteiger partial charge in [-0.2, -0.15) is 0 Å². The SMILES string of the molecule is CC1=NC(COC2CCC(c3ccccc3O)CC2)C(O)C1. The van der Waals surface area contributed by atoms with Crippen LogP contribution in [0.2, 0.25) is 0 Å². The van der Waals surface area contributed by atoms with E-state index in [0.29, 0.717) is 24.7 Å². The van der Waals surface area contributed by atoms with Crippen molar-refractivity contribution in [3.05, 3.63) is 29.8 Å². The number of hydrogen-bond donors (Lipinski definition) is 2. The summed E-state index contributed by atoms with van der Waals surface area (Å²) in [7, 11) is 0. The van der Waals surface area contributed by atoms with Gasteiger partial charge in [0.05, 0.1) is 24.9 Å². The zero-order valence-electron chi connectivity index (χ0n) is 13.1. The summed E-state index contributed by atoms with van der Waals surface area (Å²) < 4.78 is 5.97. The maximum atomic E-state index is 9.96. The lowest BCUT2D eigenvalue weighted by atomic mass is 9.82. The van der Waals surface area contributed by atoms with E-state index in [1.165, 1.54) is 0 Å². The maximum Gasteiger partial charge on any atom is 0.119 e. The van der Waals surface area contributed by atoms with Crippen LogP contribution in [0.15, 0.2) is 29.3 Å². The van der Waals surface area contributed by atoms with E-state index in [9.17, 15) is 10.2 Å². The summed E-state index contributed by atoms with van der Waals surface area (Å²) in [4.78, 5) is 4.44. The number of aliphatic hydroxyl groups is 1. The van der Waals surface area contributed by atoms with E-state index in [2.05, 4.69) is 4.99 Å². The van der Waals surface area contributed by atoms with Crippen LogP contribution < -0.4 is 0 Å². The molecule has 0 saturated heterocycles. The largest absolute Gasteiger partial charge is 0.508 e. The maximum absolute atomic E-state index is 9.96. The lowest BCUT2D eigenvalue weighted by Crippen LogP contribution is -2.29. The van der Waals surface area contributed by atoms with Gasteiger partial charge in [-0.25, -0.2) is 0 Å². The van der Waals surface area contributed by atoms with Crippen molar-refractivity contribution in [2.45, 2.75) is 63.2 Å². The van der Waals surface area contributed by atoms with Crippen molar-refractivity contribution in [2.24, 2.45) is 4.99 Å². The molecular formula is C18H25NO3. The number of rotatable bonds is 4. The fourth-order valence-corrected chi connectivity index (χ4v) is 3.62. The van der Waals surface area contributed by atoms with Gasteiger partial charge in [-0.1, -0.05) is 18.2 Å². The summed E-state index contributed by atoms with van der Waals surface area (Å²) in [6, 6.07) is 7.55. The van der Waals surface area contributed by atoms with Crippen molar-refractivity contribution in [3.63, 3.8) is 0 Å². The zero-order valence-corrected chi connectivity index (χ0v) is 13.1. The minimum Gasteiger partial charge on any atom is -0.508 e. The summed E-state index contributed by atoms with van der Waals surface area (Å²) >= 11 is 0. The summed E-state index contributed by atoms with van der Waals surface area (Å²) in [5.74, 6) is 0.837.